The molecule has 0 bridgehead atoms. The van der Waals surface area contributed by atoms with Crippen molar-refractivity contribution in [3.8, 4) is 5.88 Å². The third-order valence-electron chi connectivity index (χ3n) is 5.46. The summed E-state index contributed by atoms with van der Waals surface area (Å²) in [6.07, 6.45) is 3.74. The minimum atomic E-state index is -0.325. The van der Waals surface area contributed by atoms with Gasteiger partial charge < -0.3 is 15.3 Å². The zero-order valence-corrected chi connectivity index (χ0v) is 14.8. The normalized spacial score (nSPS) is 24.9. The van der Waals surface area contributed by atoms with Crippen LogP contribution < -0.4 is 10.2 Å². The molecule has 1 aliphatic heterocycles. The van der Waals surface area contributed by atoms with Crippen LogP contribution in [-0.2, 0) is 4.79 Å². The molecular formula is C20H22FN3O2. The van der Waals surface area contributed by atoms with Gasteiger partial charge in [0.05, 0.1) is 6.04 Å². The highest BCUT2D eigenvalue weighted by molar-refractivity contribution is 5.94. The predicted molar refractivity (Wildman–Crippen MR) is 97.5 cm³/mol. The van der Waals surface area contributed by atoms with E-state index in [1.165, 1.54) is 18.3 Å². The summed E-state index contributed by atoms with van der Waals surface area (Å²) in [5, 5.41) is 13.1. The van der Waals surface area contributed by atoms with Crippen molar-refractivity contribution in [1.29, 1.82) is 0 Å². The highest BCUT2D eigenvalue weighted by Crippen LogP contribution is 2.50. The Morgan fingerprint density at radius 1 is 1.31 bits per heavy atom. The first kappa shape index (κ1) is 16.8. The largest absolute Gasteiger partial charge is 0.493 e. The lowest BCUT2D eigenvalue weighted by Crippen LogP contribution is -2.51. The van der Waals surface area contributed by atoms with Crippen LogP contribution in [0.2, 0.25) is 0 Å². The molecule has 0 radical (unpaired) electrons. The van der Waals surface area contributed by atoms with E-state index >= 15 is 0 Å². The van der Waals surface area contributed by atoms with E-state index in [2.05, 4.69) is 17.2 Å². The standard InChI is InChI=1S/C20H22FN3O2/c1-11-19(23-15-7-8-22-18(26)10-15)16-9-14(21)5-6-17(16)24(12(2)25)20(11)13-3-4-13/h5-11,13,19-20H,3-4H2,1-2H3,(H2,22,23,26)/t11-,19-,20-/m1/s1. The number of nitrogens with zero attached hydrogens (tertiary/aromatic N) is 2. The Kier molecular flexibility index (Phi) is 4.05. The van der Waals surface area contributed by atoms with Gasteiger partial charge in [-0.15, -0.1) is 0 Å². The van der Waals surface area contributed by atoms with Gasteiger partial charge in [0.15, 0.2) is 0 Å². The maximum absolute atomic E-state index is 14.0. The summed E-state index contributed by atoms with van der Waals surface area (Å²) >= 11 is 0. The number of halogens is 1. The molecule has 4 rings (SSSR count). The lowest BCUT2D eigenvalue weighted by Gasteiger charge is -2.46. The molecule has 1 aromatic heterocycles. The number of rotatable bonds is 3. The average molecular weight is 355 g/mol. The number of hydrogen-bond acceptors (Lipinski definition) is 4. The molecule has 1 aliphatic carbocycles. The van der Waals surface area contributed by atoms with Crippen LogP contribution in [0.1, 0.15) is 38.3 Å². The molecule has 1 saturated carbocycles. The van der Waals surface area contributed by atoms with Gasteiger partial charge >= 0.3 is 0 Å². The van der Waals surface area contributed by atoms with Gasteiger partial charge in [0, 0.05) is 48.1 Å². The van der Waals surface area contributed by atoms with E-state index in [1.54, 1.807) is 25.1 Å². The molecule has 26 heavy (non-hydrogen) atoms. The Balaban J connectivity index is 1.80. The summed E-state index contributed by atoms with van der Waals surface area (Å²) in [7, 11) is 0. The first-order valence-corrected chi connectivity index (χ1v) is 8.96. The second-order valence-electron chi connectivity index (χ2n) is 7.30. The van der Waals surface area contributed by atoms with Crippen LogP contribution in [0.15, 0.2) is 36.5 Å². The number of carbonyl (C=O) groups is 1. The van der Waals surface area contributed by atoms with Crippen LogP contribution in [0.25, 0.3) is 0 Å². The van der Waals surface area contributed by atoms with Crippen LogP contribution in [0.4, 0.5) is 15.8 Å². The third kappa shape index (κ3) is 2.89. The second kappa shape index (κ2) is 6.27. The fourth-order valence-corrected chi connectivity index (χ4v) is 4.22. The first-order valence-electron chi connectivity index (χ1n) is 8.96. The molecule has 0 spiro atoms. The topological polar surface area (TPSA) is 65.5 Å². The van der Waals surface area contributed by atoms with Crippen molar-refractivity contribution < 1.29 is 14.3 Å². The van der Waals surface area contributed by atoms with Crippen LogP contribution >= 0.6 is 0 Å². The fourth-order valence-electron chi connectivity index (χ4n) is 4.22. The summed E-state index contributed by atoms with van der Waals surface area (Å²) in [6.45, 7) is 3.68. The van der Waals surface area contributed by atoms with Gasteiger partial charge in [0.25, 0.3) is 0 Å². The number of aromatic hydroxyl groups is 1. The summed E-state index contributed by atoms with van der Waals surface area (Å²) < 4.78 is 14.0. The van der Waals surface area contributed by atoms with E-state index in [1.807, 2.05) is 4.90 Å². The van der Waals surface area contributed by atoms with Crippen molar-refractivity contribution >= 4 is 17.3 Å². The van der Waals surface area contributed by atoms with Crippen LogP contribution in [-0.4, -0.2) is 22.0 Å². The first-order chi connectivity index (χ1) is 12.5. The molecule has 6 heteroatoms. The minimum absolute atomic E-state index is 0.0124. The molecule has 1 amide bonds. The highest BCUT2D eigenvalue weighted by atomic mass is 19.1. The van der Waals surface area contributed by atoms with Crippen molar-refractivity contribution in [2.45, 2.75) is 38.8 Å². The van der Waals surface area contributed by atoms with Crippen molar-refractivity contribution in [3.63, 3.8) is 0 Å². The van der Waals surface area contributed by atoms with Gasteiger partial charge in [-0.1, -0.05) is 6.92 Å². The van der Waals surface area contributed by atoms with E-state index in [4.69, 9.17) is 0 Å². The number of fused-ring (bicyclic) bond motifs is 1. The predicted octanol–water partition coefficient (Wildman–Crippen LogP) is 3.86. The van der Waals surface area contributed by atoms with Crippen molar-refractivity contribution in [1.82, 2.24) is 4.98 Å². The van der Waals surface area contributed by atoms with Crippen LogP contribution in [0.3, 0.4) is 0 Å². The molecule has 5 nitrogen and oxygen atoms in total. The van der Waals surface area contributed by atoms with E-state index in [0.29, 0.717) is 5.92 Å². The molecule has 2 aliphatic rings. The van der Waals surface area contributed by atoms with Crippen molar-refractivity contribution in [3.05, 3.63) is 47.9 Å². The van der Waals surface area contributed by atoms with Gasteiger partial charge in [-0.3, -0.25) is 4.79 Å². The third-order valence-corrected chi connectivity index (χ3v) is 5.46. The zero-order chi connectivity index (χ0) is 18.4. The number of aromatic nitrogens is 1. The average Bonchev–Trinajstić information content (AvgIpc) is 3.41. The summed E-state index contributed by atoms with van der Waals surface area (Å²) in [6, 6.07) is 7.85. The van der Waals surface area contributed by atoms with Crippen molar-refractivity contribution in [2.24, 2.45) is 11.8 Å². The Morgan fingerprint density at radius 2 is 2.08 bits per heavy atom. The summed E-state index contributed by atoms with van der Waals surface area (Å²) in [4.78, 5) is 18.1. The van der Waals surface area contributed by atoms with Gasteiger partial charge in [-0.2, -0.15) is 0 Å². The molecule has 136 valence electrons. The second-order valence-corrected chi connectivity index (χ2v) is 7.30. The molecule has 1 fully saturated rings. The van der Waals surface area contributed by atoms with Gasteiger partial charge in [0.2, 0.25) is 11.8 Å². The maximum Gasteiger partial charge on any atom is 0.224 e. The summed E-state index contributed by atoms with van der Waals surface area (Å²) in [5.74, 6) is 0.163. The monoisotopic (exact) mass is 355 g/mol. The van der Waals surface area contributed by atoms with E-state index in [0.717, 1.165) is 29.8 Å². The lowest BCUT2D eigenvalue weighted by molar-refractivity contribution is -0.117. The smallest absolute Gasteiger partial charge is 0.224 e. The number of anilines is 2. The quantitative estimate of drug-likeness (QED) is 0.877. The number of nitrogens with one attached hydrogen (secondary N) is 1. The van der Waals surface area contributed by atoms with Crippen LogP contribution in [0.5, 0.6) is 5.88 Å². The lowest BCUT2D eigenvalue weighted by atomic mass is 9.80. The Bertz CT molecular complexity index is 853. The fraction of sp³-hybridized carbons (Fsp3) is 0.400. The molecule has 2 heterocycles. The van der Waals surface area contributed by atoms with Gasteiger partial charge in [-0.25, -0.2) is 9.37 Å². The van der Waals surface area contributed by atoms with Gasteiger partial charge in [0.1, 0.15) is 5.82 Å². The highest BCUT2D eigenvalue weighted by Gasteiger charge is 2.47. The Morgan fingerprint density at radius 3 is 2.73 bits per heavy atom. The number of pyridine rings is 1. The molecule has 0 unspecified atom stereocenters. The number of carbonyl (C=O) groups excluding carboxylic acids is 1. The maximum atomic E-state index is 14.0. The van der Waals surface area contributed by atoms with E-state index < -0.39 is 0 Å². The SMILES string of the molecule is CC(=O)N1c2ccc(F)cc2[C@H](Nc2ccnc(O)c2)[C@@H](C)[C@@H]1C1CC1. The number of hydrogen-bond donors (Lipinski definition) is 2. The molecule has 2 N–H and O–H groups in total. The number of amides is 1. The molecule has 1 aromatic carbocycles. The zero-order valence-electron chi connectivity index (χ0n) is 14.8. The molecule has 2 aromatic rings. The van der Waals surface area contributed by atoms with Crippen molar-refractivity contribution in [2.75, 3.05) is 10.2 Å². The van der Waals surface area contributed by atoms with Crippen LogP contribution in [0, 0.1) is 17.7 Å². The van der Waals surface area contributed by atoms with E-state index in [9.17, 15) is 14.3 Å². The molecule has 3 atom stereocenters. The summed E-state index contributed by atoms with van der Waals surface area (Å²) in [5.41, 5.74) is 2.25. The van der Waals surface area contributed by atoms with Gasteiger partial charge in [-0.05, 0) is 43.0 Å². The Labute approximate surface area is 151 Å². The minimum Gasteiger partial charge on any atom is -0.493 e. The Hall–Kier alpha value is -2.63. The number of benzene rings is 1. The van der Waals surface area contributed by atoms with E-state index in [-0.39, 0.29) is 35.6 Å². The molecular weight excluding hydrogens is 333 g/mol. The molecule has 0 saturated heterocycles.